The first-order chi connectivity index (χ1) is 14.8. The van der Waals surface area contributed by atoms with Crippen molar-refractivity contribution in [2.24, 2.45) is 0 Å². The standard InChI is InChI=1S/C22H15ClN2O6/c23-17-7-1-14(2-8-17)20(26)13-31-22(28)16-3-9-18(10-4-16)24-21(27)15-5-11-19(12-6-15)25(29)30/h1-12H,13H2,(H,24,27). The van der Waals surface area contributed by atoms with E-state index in [1.54, 1.807) is 24.3 Å². The number of nitrogens with zero attached hydrogens (tertiary/aromatic N) is 1. The average Bonchev–Trinajstić information content (AvgIpc) is 2.78. The SMILES string of the molecule is O=C(COC(=O)c1ccc(NC(=O)c2ccc([N+](=O)[O-])cc2)cc1)c1ccc(Cl)cc1. The molecule has 0 aromatic heterocycles. The molecular weight excluding hydrogens is 424 g/mol. The second-order valence-electron chi connectivity index (χ2n) is 6.34. The highest BCUT2D eigenvalue weighted by Gasteiger charge is 2.13. The number of halogens is 1. The van der Waals surface area contributed by atoms with Crippen molar-refractivity contribution in [1.82, 2.24) is 0 Å². The number of amides is 1. The monoisotopic (exact) mass is 438 g/mol. The molecule has 0 aliphatic carbocycles. The number of nitro groups is 1. The Labute approximate surface area is 181 Å². The summed E-state index contributed by atoms with van der Waals surface area (Å²) in [6, 6.07) is 17.3. The number of carbonyl (C=O) groups is 3. The fraction of sp³-hybridized carbons (Fsp3) is 0.0455. The third kappa shape index (κ3) is 5.74. The predicted octanol–water partition coefficient (Wildman–Crippen LogP) is 4.54. The number of rotatable bonds is 7. The number of benzene rings is 3. The zero-order valence-electron chi connectivity index (χ0n) is 15.9. The van der Waals surface area contributed by atoms with Crippen molar-refractivity contribution in [3.05, 3.63) is 105 Å². The van der Waals surface area contributed by atoms with E-state index < -0.39 is 23.4 Å². The van der Waals surface area contributed by atoms with Crippen LogP contribution in [0.15, 0.2) is 72.8 Å². The lowest BCUT2D eigenvalue weighted by molar-refractivity contribution is -0.384. The molecule has 0 saturated carbocycles. The van der Waals surface area contributed by atoms with Gasteiger partial charge in [0, 0.05) is 34.0 Å². The lowest BCUT2D eigenvalue weighted by atomic mass is 10.1. The van der Waals surface area contributed by atoms with Gasteiger partial charge in [0.05, 0.1) is 10.5 Å². The first-order valence-corrected chi connectivity index (χ1v) is 9.33. The summed E-state index contributed by atoms with van der Waals surface area (Å²) in [5.74, 6) is -1.51. The van der Waals surface area contributed by atoms with Gasteiger partial charge in [-0.3, -0.25) is 19.7 Å². The van der Waals surface area contributed by atoms with Crippen LogP contribution in [0.4, 0.5) is 11.4 Å². The van der Waals surface area contributed by atoms with E-state index >= 15 is 0 Å². The maximum Gasteiger partial charge on any atom is 0.338 e. The van der Waals surface area contributed by atoms with Gasteiger partial charge in [-0.05, 0) is 60.7 Å². The Morgan fingerprint density at radius 2 is 1.39 bits per heavy atom. The Balaban J connectivity index is 1.55. The molecule has 9 heteroatoms. The fourth-order valence-electron chi connectivity index (χ4n) is 2.56. The summed E-state index contributed by atoms with van der Waals surface area (Å²) in [6.07, 6.45) is 0. The van der Waals surface area contributed by atoms with E-state index in [9.17, 15) is 24.5 Å². The Morgan fingerprint density at radius 3 is 1.97 bits per heavy atom. The van der Waals surface area contributed by atoms with Gasteiger partial charge in [-0.2, -0.15) is 0 Å². The van der Waals surface area contributed by atoms with Gasteiger partial charge in [-0.25, -0.2) is 4.79 Å². The maximum atomic E-state index is 12.2. The molecule has 31 heavy (non-hydrogen) atoms. The molecule has 0 fully saturated rings. The third-order valence-corrected chi connectivity index (χ3v) is 4.47. The Hall–Kier alpha value is -4.04. The minimum atomic E-state index is -0.685. The molecule has 156 valence electrons. The van der Waals surface area contributed by atoms with Crippen molar-refractivity contribution in [1.29, 1.82) is 0 Å². The van der Waals surface area contributed by atoms with Crippen LogP contribution in [0.3, 0.4) is 0 Å². The molecule has 1 amide bonds. The molecular formula is C22H15ClN2O6. The molecule has 3 aromatic carbocycles. The molecule has 0 aliphatic heterocycles. The summed E-state index contributed by atoms with van der Waals surface area (Å²) < 4.78 is 5.03. The minimum absolute atomic E-state index is 0.117. The van der Waals surface area contributed by atoms with Crippen LogP contribution >= 0.6 is 11.6 Å². The molecule has 0 radical (unpaired) electrons. The summed E-state index contributed by atoms with van der Waals surface area (Å²) >= 11 is 5.77. The smallest absolute Gasteiger partial charge is 0.338 e. The summed E-state index contributed by atoms with van der Waals surface area (Å²) in [6.45, 7) is -0.418. The number of hydrogen-bond donors (Lipinski definition) is 1. The van der Waals surface area contributed by atoms with E-state index in [4.69, 9.17) is 16.3 Å². The van der Waals surface area contributed by atoms with Crippen LogP contribution < -0.4 is 5.32 Å². The molecule has 0 spiro atoms. The van der Waals surface area contributed by atoms with Crippen LogP contribution in [0, 0.1) is 10.1 Å². The number of ketones is 1. The molecule has 0 atom stereocenters. The van der Waals surface area contributed by atoms with Crippen LogP contribution in [0.25, 0.3) is 0 Å². The Bertz CT molecular complexity index is 1130. The number of Topliss-reactive ketones (excluding diaryl/α,β-unsaturated/α-hetero) is 1. The molecule has 0 unspecified atom stereocenters. The Kier molecular flexibility index (Phi) is 6.74. The van der Waals surface area contributed by atoms with Crippen LogP contribution in [-0.4, -0.2) is 29.2 Å². The maximum absolute atomic E-state index is 12.2. The van der Waals surface area contributed by atoms with Crippen LogP contribution in [0.5, 0.6) is 0 Å². The predicted molar refractivity (Wildman–Crippen MR) is 114 cm³/mol. The molecule has 3 aromatic rings. The van der Waals surface area contributed by atoms with E-state index in [0.29, 0.717) is 16.3 Å². The van der Waals surface area contributed by atoms with Crippen molar-refractivity contribution in [3.63, 3.8) is 0 Å². The van der Waals surface area contributed by atoms with Gasteiger partial charge in [-0.1, -0.05) is 11.6 Å². The van der Waals surface area contributed by atoms with Crippen LogP contribution in [0.2, 0.25) is 5.02 Å². The van der Waals surface area contributed by atoms with E-state index in [1.165, 1.54) is 48.5 Å². The van der Waals surface area contributed by atoms with Gasteiger partial charge < -0.3 is 10.1 Å². The topological polar surface area (TPSA) is 116 Å². The van der Waals surface area contributed by atoms with Crippen molar-refractivity contribution in [3.8, 4) is 0 Å². The number of carbonyl (C=O) groups excluding carboxylic acids is 3. The first-order valence-electron chi connectivity index (χ1n) is 8.95. The first kappa shape index (κ1) is 21.7. The third-order valence-electron chi connectivity index (χ3n) is 4.22. The number of non-ortho nitro benzene ring substituents is 1. The van der Waals surface area contributed by atoms with Gasteiger partial charge in [0.25, 0.3) is 11.6 Å². The summed E-state index contributed by atoms with van der Waals surface area (Å²) in [7, 11) is 0. The van der Waals surface area contributed by atoms with Crippen molar-refractivity contribution in [2.75, 3.05) is 11.9 Å². The van der Waals surface area contributed by atoms with Crippen LogP contribution in [-0.2, 0) is 4.74 Å². The van der Waals surface area contributed by atoms with Gasteiger partial charge >= 0.3 is 5.97 Å². The zero-order valence-corrected chi connectivity index (χ0v) is 16.7. The number of hydrogen-bond acceptors (Lipinski definition) is 6. The quantitative estimate of drug-likeness (QED) is 0.250. The van der Waals surface area contributed by atoms with Crippen molar-refractivity contribution >= 4 is 40.6 Å². The van der Waals surface area contributed by atoms with Gasteiger partial charge in [0.15, 0.2) is 12.4 Å². The number of nitrogens with one attached hydrogen (secondary N) is 1. The number of anilines is 1. The van der Waals surface area contributed by atoms with Gasteiger partial charge in [-0.15, -0.1) is 0 Å². The van der Waals surface area contributed by atoms with Gasteiger partial charge in [0.1, 0.15) is 0 Å². The zero-order chi connectivity index (χ0) is 22.4. The second-order valence-corrected chi connectivity index (χ2v) is 6.78. The number of nitro benzene ring substituents is 1. The highest BCUT2D eigenvalue weighted by atomic mass is 35.5. The molecule has 3 rings (SSSR count). The normalized spacial score (nSPS) is 10.2. The van der Waals surface area contributed by atoms with Crippen LogP contribution in [0.1, 0.15) is 31.1 Å². The van der Waals surface area contributed by atoms with E-state index in [1.807, 2.05) is 0 Å². The second kappa shape index (κ2) is 9.64. The van der Waals surface area contributed by atoms with E-state index in [0.717, 1.165) is 0 Å². The highest BCUT2D eigenvalue weighted by Crippen LogP contribution is 2.16. The highest BCUT2D eigenvalue weighted by molar-refractivity contribution is 6.30. The van der Waals surface area contributed by atoms with Gasteiger partial charge in [0.2, 0.25) is 0 Å². The Morgan fingerprint density at radius 1 is 0.839 bits per heavy atom. The largest absolute Gasteiger partial charge is 0.454 e. The summed E-state index contributed by atoms with van der Waals surface area (Å²) in [5.41, 5.74) is 1.12. The average molecular weight is 439 g/mol. The van der Waals surface area contributed by atoms with E-state index in [-0.39, 0.29) is 22.6 Å². The fourth-order valence-corrected chi connectivity index (χ4v) is 2.69. The lowest BCUT2D eigenvalue weighted by Crippen LogP contribution is -2.15. The lowest BCUT2D eigenvalue weighted by Gasteiger charge is -2.07. The molecule has 0 bridgehead atoms. The molecule has 0 aliphatic rings. The van der Waals surface area contributed by atoms with Crippen molar-refractivity contribution in [2.45, 2.75) is 0 Å². The summed E-state index contributed by atoms with van der Waals surface area (Å²) in [4.78, 5) is 46.5. The molecule has 0 saturated heterocycles. The molecule has 0 heterocycles. The molecule has 8 nitrogen and oxygen atoms in total. The summed E-state index contributed by atoms with van der Waals surface area (Å²) in [5, 5.41) is 13.8. The minimum Gasteiger partial charge on any atom is -0.454 e. The van der Waals surface area contributed by atoms with Crippen molar-refractivity contribution < 1.29 is 24.0 Å². The number of esters is 1. The van der Waals surface area contributed by atoms with E-state index in [2.05, 4.69) is 5.32 Å². The molecule has 1 N–H and O–H groups in total. The number of ether oxygens (including phenoxy) is 1.